The van der Waals surface area contributed by atoms with E-state index in [0.717, 1.165) is 18.5 Å². The normalized spacial score (nSPS) is 23.9. The number of anilines is 1. The molecule has 5 heteroatoms. The van der Waals surface area contributed by atoms with Crippen molar-refractivity contribution in [1.82, 2.24) is 15.1 Å². The van der Waals surface area contributed by atoms with Crippen LogP contribution in [0.1, 0.15) is 69.1 Å². The fraction of sp³-hybridized carbons (Fsp3) is 0.714. The molecule has 2 heterocycles. The molecule has 0 spiro atoms. The zero-order valence-corrected chi connectivity index (χ0v) is 12.2. The summed E-state index contributed by atoms with van der Waals surface area (Å²) in [6, 6.07) is 0.518. The van der Waals surface area contributed by atoms with Crippen LogP contribution in [0.5, 0.6) is 0 Å². The summed E-state index contributed by atoms with van der Waals surface area (Å²) in [5.74, 6) is 0.200. The van der Waals surface area contributed by atoms with Crippen molar-refractivity contribution in [3.63, 3.8) is 0 Å². The number of aromatic amines is 1. The highest BCUT2D eigenvalue weighted by atomic mass is 16.2. The number of rotatable bonds is 2. The third-order valence-corrected chi connectivity index (χ3v) is 4.04. The van der Waals surface area contributed by atoms with Gasteiger partial charge < -0.3 is 10.6 Å². The van der Waals surface area contributed by atoms with Gasteiger partial charge in [-0.15, -0.1) is 0 Å². The smallest absolute Gasteiger partial charge is 0.276 e. The number of H-pyrrole nitrogens is 1. The van der Waals surface area contributed by atoms with Gasteiger partial charge in [-0.25, -0.2) is 0 Å². The van der Waals surface area contributed by atoms with Crippen LogP contribution in [0.3, 0.4) is 0 Å². The first-order chi connectivity index (χ1) is 8.93. The van der Waals surface area contributed by atoms with Gasteiger partial charge in [-0.05, 0) is 39.0 Å². The fourth-order valence-electron chi connectivity index (χ4n) is 2.91. The van der Waals surface area contributed by atoms with E-state index >= 15 is 0 Å². The molecule has 0 saturated carbocycles. The SMILES string of the molecule is CC(C)c1[nH]nc(C(=O)N2C(C)CCCC2C)c1N. The highest BCUT2D eigenvalue weighted by Crippen LogP contribution is 2.28. The van der Waals surface area contributed by atoms with E-state index in [1.54, 1.807) is 0 Å². The van der Waals surface area contributed by atoms with E-state index < -0.39 is 0 Å². The number of carbonyl (C=O) groups excluding carboxylic acids is 1. The first-order valence-electron chi connectivity index (χ1n) is 7.09. The summed E-state index contributed by atoms with van der Waals surface area (Å²) >= 11 is 0. The molecule has 19 heavy (non-hydrogen) atoms. The molecule has 5 nitrogen and oxygen atoms in total. The van der Waals surface area contributed by atoms with Crippen LogP contribution < -0.4 is 5.73 Å². The maximum absolute atomic E-state index is 12.6. The highest BCUT2D eigenvalue weighted by molar-refractivity contribution is 5.98. The minimum atomic E-state index is -0.0413. The van der Waals surface area contributed by atoms with Crippen LogP contribution in [-0.2, 0) is 0 Å². The van der Waals surface area contributed by atoms with Gasteiger partial charge >= 0.3 is 0 Å². The number of carbonyl (C=O) groups is 1. The Balaban J connectivity index is 2.28. The number of nitrogens with one attached hydrogen (secondary N) is 1. The van der Waals surface area contributed by atoms with Gasteiger partial charge in [-0.3, -0.25) is 9.89 Å². The third kappa shape index (κ3) is 2.46. The number of aromatic nitrogens is 2. The van der Waals surface area contributed by atoms with Crippen molar-refractivity contribution in [3.05, 3.63) is 11.4 Å². The molecule has 1 aliphatic heterocycles. The molecular weight excluding hydrogens is 240 g/mol. The monoisotopic (exact) mass is 264 g/mol. The van der Waals surface area contributed by atoms with Crippen molar-refractivity contribution < 1.29 is 4.79 Å². The Morgan fingerprint density at radius 3 is 2.42 bits per heavy atom. The third-order valence-electron chi connectivity index (χ3n) is 4.04. The van der Waals surface area contributed by atoms with E-state index in [-0.39, 0.29) is 23.9 Å². The van der Waals surface area contributed by atoms with Crippen molar-refractivity contribution >= 4 is 11.6 Å². The molecule has 0 aromatic carbocycles. The Labute approximate surface area is 114 Å². The van der Waals surface area contributed by atoms with Crippen molar-refractivity contribution in [2.75, 3.05) is 5.73 Å². The van der Waals surface area contributed by atoms with Crippen LogP contribution >= 0.6 is 0 Å². The van der Waals surface area contributed by atoms with Crippen molar-refractivity contribution in [3.8, 4) is 0 Å². The number of nitrogens with two attached hydrogens (primary N) is 1. The Kier molecular flexibility index (Phi) is 3.83. The zero-order chi connectivity index (χ0) is 14.2. The predicted octanol–water partition coefficient (Wildman–Crippen LogP) is 2.52. The first-order valence-corrected chi connectivity index (χ1v) is 7.09. The Morgan fingerprint density at radius 1 is 1.37 bits per heavy atom. The second-order valence-corrected chi connectivity index (χ2v) is 5.90. The average Bonchev–Trinajstić information content (AvgIpc) is 2.70. The number of amides is 1. The molecule has 106 valence electrons. The summed E-state index contributed by atoms with van der Waals surface area (Å²) in [4.78, 5) is 14.6. The summed E-state index contributed by atoms with van der Waals surface area (Å²) < 4.78 is 0. The Bertz CT molecular complexity index is 456. The van der Waals surface area contributed by atoms with E-state index in [4.69, 9.17) is 5.73 Å². The molecule has 0 bridgehead atoms. The molecule has 1 aliphatic rings. The number of hydrogen-bond acceptors (Lipinski definition) is 3. The maximum Gasteiger partial charge on any atom is 0.276 e. The van der Waals surface area contributed by atoms with Gasteiger partial charge in [-0.1, -0.05) is 13.8 Å². The van der Waals surface area contributed by atoms with Gasteiger partial charge in [0.25, 0.3) is 5.91 Å². The molecule has 1 amide bonds. The molecule has 1 fully saturated rings. The molecule has 0 radical (unpaired) electrons. The average molecular weight is 264 g/mol. The second kappa shape index (κ2) is 5.23. The van der Waals surface area contributed by atoms with Crippen LogP contribution in [0.15, 0.2) is 0 Å². The number of nitrogens with zero attached hydrogens (tertiary/aromatic N) is 2. The number of hydrogen-bond donors (Lipinski definition) is 2. The van der Waals surface area contributed by atoms with Crippen molar-refractivity contribution in [2.24, 2.45) is 0 Å². The van der Waals surface area contributed by atoms with Gasteiger partial charge in [0.15, 0.2) is 5.69 Å². The first kappa shape index (κ1) is 13.9. The highest BCUT2D eigenvalue weighted by Gasteiger charge is 2.32. The fourth-order valence-corrected chi connectivity index (χ4v) is 2.91. The van der Waals surface area contributed by atoms with E-state index in [2.05, 4.69) is 24.0 Å². The van der Waals surface area contributed by atoms with Gasteiger partial charge in [0.1, 0.15) is 0 Å². The van der Waals surface area contributed by atoms with Crippen LogP contribution in [0.2, 0.25) is 0 Å². The largest absolute Gasteiger partial charge is 0.395 e. The Morgan fingerprint density at radius 2 is 1.95 bits per heavy atom. The molecule has 3 N–H and O–H groups in total. The zero-order valence-electron chi connectivity index (χ0n) is 12.2. The van der Waals surface area contributed by atoms with Gasteiger partial charge in [-0.2, -0.15) is 5.10 Å². The van der Waals surface area contributed by atoms with E-state index in [0.29, 0.717) is 11.4 Å². The molecule has 2 rings (SSSR count). The molecular formula is C14H24N4O. The van der Waals surface area contributed by atoms with Gasteiger partial charge in [0, 0.05) is 12.1 Å². The van der Waals surface area contributed by atoms with Crippen molar-refractivity contribution in [2.45, 2.75) is 65.0 Å². The minimum absolute atomic E-state index is 0.0413. The van der Waals surface area contributed by atoms with Crippen LogP contribution in [0.25, 0.3) is 0 Å². The molecule has 0 aliphatic carbocycles. The second-order valence-electron chi connectivity index (χ2n) is 5.90. The lowest BCUT2D eigenvalue weighted by molar-refractivity contribution is 0.0505. The summed E-state index contributed by atoms with van der Waals surface area (Å²) in [5.41, 5.74) is 7.79. The number of likely N-dealkylation sites (tertiary alicyclic amines) is 1. The lowest BCUT2D eigenvalue weighted by atomic mass is 9.97. The van der Waals surface area contributed by atoms with E-state index in [1.165, 1.54) is 6.42 Å². The standard InChI is InChI=1S/C14H24N4O/c1-8(2)12-11(15)13(17-16-12)14(19)18-9(3)6-5-7-10(18)4/h8-10H,5-7,15H2,1-4H3,(H,16,17). The molecule has 1 aromatic rings. The summed E-state index contributed by atoms with van der Waals surface area (Å²) in [5, 5.41) is 7.04. The van der Waals surface area contributed by atoms with Gasteiger partial charge in [0.05, 0.1) is 11.4 Å². The number of nitrogen functional groups attached to an aromatic ring is 1. The van der Waals surface area contributed by atoms with Crippen molar-refractivity contribution in [1.29, 1.82) is 0 Å². The molecule has 2 atom stereocenters. The maximum atomic E-state index is 12.6. The topological polar surface area (TPSA) is 75.0 Å². The summed E-state index contributed by atoms with van der Waals surface area (Å²) in [6.07, 6.45) is 3.29. The quantitative estimate of drug-likeness (QED) is 0.861. The van der Waals surface area contributed by atoms with Crippen LogP contribution in [0, 0.1) is 0 Å². The lowest BCUT2D eigenvalue weighted by Gasteiger charge is -2.38. The molecule has 1 aromatic heterocycles. The predicted molar refractivity (Wildman–Crippen MR) is 76.0 cm³/mol. The Hall–Kier alpha value is -1.52. The van der Waals surface area contributed by atoms with E-state index in [9.17, 15) is 4.79 Å². The number of piperidine rings is 1. The summed E-state index contributed by atoms with van der Waals surface area (Å²) in [6.45, 7) is 8.26. The summed E-state index contributed by atoms with van der Waals surface area (Å²) in [7, 11) is 0. The molecule has 2 unspecified atom stereocenters. The van der Waals surface area contributed by atoms with Gasteiger partial charge in [0.2, 0.25) is 0 Å². The van der Waals surface area contributed by atoms with Crippen LogP contribution in [-0.4, -0.2) is 33.1 Å². The van der Waals surface area contributed by atoms with Crippen LogP contribution in [0.4, 0.5) is 5.69 Å². The molecule has 1 saturated heterocycles. The van der Waals surface area contributed by atoms with E-state index in [1.807, 2.05) is 18.7 Å². The minimum Gasteiger partial charge on any atom is -0.395 e. The lowest BCUT2D eigenvalue weighted by Crippen LogP contribution is -2.47.